The lowest BCUT2D eigenvalue weighted by Crippen LogP contribution is -2.38. The molecule has 0 aliphatic carbocycles. The number of nitrogens with one attached hydrogen (secondary N) is 2. The summed E-state index contributed by atoms with van der Waals surface area (Å²) < 4.78 is 50.8. The van der Waals surface area contributed by atoms with Crippen molar-refractivity contribution < 1.29 is 47.2 Å². The molecule has 0 saturated carbocycles. The molecule has 2 heterocycles. The Balaban J connectivity index is 1.12. The molecule has 5 aromatic rings. The fourth-order valence-corrected chi connectivity index (χ4v) is 5.62. The lowest BCUT2D eigenvalue weighted by molar-refractivity contribution is 0.0935. The van der Waals surface area contributed by atoms with E-state index in [9.17, 15) is 4.79 Å². The third kappa shape index (κ3) is 6.70. The molecule has 1 aliphatic heterocycles. The Kier molecular flexibility index (Phi) is 10.0. The molecule has 1 aromatic heterocycles. The maximum Gasteiger partial charge on any atom is 0.255 e. The number of nitrogens with zero attached hydrogens (tertiary/aromatic N) is 1. The molecular weight excluding hydrogens is 646 g/mol. The van der Waals surface area contributed by atoms with E-state index in [1.54, 1.807) is 85.1 Å². The van der Waals surface area contributed by atoms with E-state index in [1.165, 1.54) is 0 Å². The van der Waals surface area contributed by atoms with Crippen LogP contribution >= 0.6 is 0 Å². The van der Waals surface area contributed by atoms with Crippen molar-refractivity contribution in [2.45, 2.75) is 6.17 Å². The summed E-state index contributed by atoms with van der Waals surface area (Å²) in [5.74, 6) is 4.38. The number of para-hydroxylation sites is 1. The van der Waals surface area contributed by atoms with E-state index in [-0.39, 0.29) is 19.1 Å². The van der Waals surface area contributed by atoms with Crippen molar-refractivity contribution in [1.82, 2.24) is 10.5 Å². The fourth-order valence-electron chi connectivity index (χ4n) is 5.62. The number of rotatable bonds is 14. The van der Waals surface area contributed by atoms with Gasteiger partial charge in [-0.25, -0.2) is 0 Å². The summed E-state index contributed by atoms with van der Waals surface area (Å²) in [4.78, 5) is 12.8. The zero-order valence-electron chi connectivity index (χ0n) is 28.4. The van der Waals surface area contributed by atoms with E-state index in [0.29, 0.717) is 79.8 Å². The number of aromatic nitrogens is 1. The van der Waals surface area contributed by atoms with Crippen LogP contribution in [0.4, 0.5) is 5.69 Å². The molecule has 0 saturated heterocycles. The number of hydrogen-bond donors (Lipinski definition) is 2. The van der Waals surface area contributed by atoms with E-state index in [0.717, 1.165) is 5.56 Å². The Hall–Kier alpha value is -6.24. The second-order valence-electron chi connectivity index (χ2n) is 10.9. The quantitative estimate of drug-likeness (QED) is 0.126. The van der Waals surface area contributed by atoms with E-state index in [1.807, 2.05) is 30.3 Å². The second-order valence-corrected chi connectivity index (χ2v) is 10.9. The Morgan fingerprint density at radius 2 is 1.36 bits per heavy atom. The van der Waals surface area contributed by atoms with Crippen LogP contribution in [-0.4, -0.2) is 66.9 Å². The first kappa shape index (κ1) is 33.7. The number of hydrogen-bond acceptors (Lipinski definition) is 12. The zero-order valence-corrected chi connectivity index (χ0v) is 28.4. The van der Waals surface area contributed by atoms with Crippen molar-refractivity contribution in [2.24, 2.45) is 0 Å². The molecule has 50 heavy (non-hydrogen) atoms. The monoisotopic (exact) mass is 683 g/mol. The SMILES string of the molecule is COc1ccc2c(c1)C(=O)NC(c1ccc(OCCOc3cccc(-c4cc(-c5cc(OC)c(OC)c(OC)c5)on4)c3OC)c(OC)c1)N2. The maximum atomic E-state index is 12.8. The first-order valence-corrected chi connectivity index (χ1v) is 15.5. The molecule has 1 aliphatic rings. The second kappa shape index (κ2) is 14.9. The highest BCUT2D eigenvalue weighted by molar-refractivity contribution is 6.02. The zero-order chi connectivity index (χ0) is 35.2. The highest BCUT2D eigenvalue weighted by Gasteiger charge is 2.26. The van der Waals surface area contributed by atoms with Gasteiger partial charge in [-0.2, -0.15) is 0 Å². The van der Waals surface area contributed by atoms with Crippen molar-refractivity contribution >= 4 is 11.6 Å². The molecule has 6 rings (SSSR count). The van der Waals surface area contributed by atoms with Crippen LogP contribution in [0.3, 0.4) is 0 Å². The third-order valence-electron chi connectivity index (χ3n) is 8.08. The van der Waals surface area contributed by atoms with Gasteiger partial charge < -0.3 is 53.1 Å². The summed E-state index contributed by atoms with van der Waals surface area (Å²) in [5, 5.41) is 10.6. The lowest BCUT2D eigenvalue weighted by Gasteiger charge is -2.28. The molecule has 1 amide bonds. The van der Waals surface area contributed by atoms with Crippen molar-refractivity contribution in [1.29, 1.82) is 0 Å². The van der Waals surface area contributed by atoms with E-state index < -0.39 is 6.17 Å². The minimum atomic E-state index is -0.461. The molecule has 13 heteroatoms. The van der Waals surface area contributed by atoms with Gasteiger partial charge >= 0.3 is 0 Å². The van der Waals surface area contributed by atoms with Gasteiger partial charge in [-0.05, 0) is 60.2 Å². The van der Waals surface area contributed by atoms with Gasteiger partial charge in [0, 0.05) is 22.9 Å². The number of anilines is 1. The number of fused-ring (bicyclic) bond motifs is 1. The maximum absolute atomic E-state index is 12.8. The van der Waals surface area contributed by atoms with E-state index in [4.69, 9.17) is 42.4 Å². The van der Waals surface area contributed by atoms with Crippen LogP contribution in [0.25, 0.3) is 22.6 Å². The summed E-state index contributed by atoms with van der Waals surface area (Å²) in [6.45, 7) is 0.423. The molecular formula is C37H37N3O10. The van der Waals surface area contributed by atoms with Gasteiger partial charge in [0.1, 0.15) is 30.8 Å². The first-order valence-electron chi connectivity index (χ1n) is 15.5. The lowest BCUT2D eigenvalue weighted by atomic mass is 10.0. The van der Waals surface area contributed by atoms with Crippen LogP contribution in [0.1, 0.15) is 22.1 Å². The number of carbonyl (C=O) groups excluding carboxylic acids is 1. The molecule has 13 nitrogen and oxygen atoms in total. The van der Waals surface area contributed by atoms with Crippen molar-refractivity contribution in [3.63, 3.8) is 0 Å². The van der Waals surface area contributed by atoms with Crippen LogP contribution in [-0.2, 0) is 0 Å². The van der Waals surface area contributed by atoms with E-state index >= 15 is 0 Å². The van der Waals surface area contributed by atoms with Crippen molar-refractivity contribution in [3.8, 4) is 68.6 Å². The topological polar surface area (TPSA) is 141 Å². The molecule has 0 fully saturated rings. The van der Waals surface area contributed by atoms with Gasteiger partial charge in [0.2, 0.25) is 5.75 Å². The highest BCUT2D eigenvalue weighted by Crippen LogP contribution is 2.43. The fraction of sp³-hybridized carbons (Fsp3) is 0.243. The van der Waals surface area contributed by atoms with Crippen LogP contribution in [0.2, 0.25) is 0 Å². The summed E-state index contributed by atoms with van der Waals surface area (Å²) in [6, 6.07) is 21.7. The Morgan fingerprint density at radius 1 is 0.640 bits per heavy atom. The van der Waals surface area contributed by atoms with Gasteiger partial charge in [-0.15, -0.1) is 0 Å². The van der Waals surface area contributed by atoms with Crippen LogP contribution in [0, 0.1) is 0 Å². The van der Waals surface area contributed by atoms with Crippen LogP contribution in [0.5, 0.6) is 46.0 Å². The van der Waals surface area contributed by atoms with E-state index in [2.05, 4.69) is 15.8 Å². The minimum Gasteiger partial charge on any atom is -0.497 e. The summed E-state index contributed by atoms with van der Waals surface area (Å²) in [7, 11) is 9.33. The predicted octanol–water partition coefficient (Wildman–Crippen LogP) is 6.37. The average Bonchev–Trinajstić information content (AvgIpc) is 3.66. The molecule has 2 N–H and O–H groups in total. The van der Waals surface area contributed by atoms with Crippen molar-refractivity contribution in [2.75, 3.05) is 61.2 Å². The average molecular weight is 684 g/mol. The number of benzene rings is 4. The number of methoxy groups -OCH3 is 6. The summed E-state index contributed by atoms with van der Waals surface area (Å²) in [6.07, 6.45) is -0.461. The Bertz CT molecular complexity index is 1970. The summed E-state index contributed by atoms with van der Waals surface area (Å²) >= 11 is 0. The molecule has 0 spiro atoms. The van der Waals surface area contributed by atoms with Gasteiger partial charge in [-0.3, -0.25) is 4.79 Å². The molecule has 0 bridgehead atoms. The van der Waals surface area contributed by atoms with Crippen molar-refractivity contribution in [3.05, 3.63) is 83.9 Å². The highest BCUT2D eigenvalue weighted by atomic mass is 16.6. The third-order valence-corrected chi connectivity index (χ3v) is 8.08. The smallest absolute Gasteiger partial charge is 0.255 e. The molecule has 4 aromatic carbocycles. The molecule has 260 valence electrons. The number of amides is 1. The van der Waals surface area contributed by atoms with Gasteiger partial charge in [0.15, 0.2) is 40.3 Å². The van der Waals surface area contributed by atoms with Crippen LogP contribution in [0.15, 0.2) is 77.3 Å². The van der Waals surface area contributed by atoms with Gasteiger partial charge in [-0.1, -0.05) is 17.3 Å². The number of ether oxygens (including phenoxy) is 8. The molecule has 1 atom stereocenters. The first-order chi connectivity index (χ1) is 24.4. The Labute approximate surface area is 288 Å². The standard InChI is InChI=1S/C37H37N3O10/c1-42-23-11-12-26-25(19-23)37(41)39-36(38-26)21-10-13-28(31(16-21)43-2)48-14-15-49-29-9-7-8-24(34(29)46-5)27-20-30(50-40-27)22-17-32(44-3)35(47-6)33(18-22)45-4/h7-13,16-20,36,38H,14-15H2,1-6H3,(H,39,41). The summed E-state index contributed by atoms with van der Waals surface area (Å²) in [5.41, 5.74) is 3.92. The van der Waals surface area contributed by atoms with Gasteiger partial charge in [0.25, 0.3) is 5.91 Å². The van der Waals surface area contributed by atoms with Gasteiger partial charge in [0.05, 0.1) is 48.2 Å². The predicted molar refractivity (Wildman–Crippen MR) is 184 cm³/mol. The van der Waals surface area contributed by atoms with Crippen LogP contribution < -0.4 is 48.5 Å². The number of carbonyl (C=O) groups is 1. The minimum absolute atomic E-state index is 0.207. The Morgan fingerprint density at radius 3 is 2.04 bits per heavy atom. The molecule has 0 radical (unpaired) electrons. The molecule has 1 unspecified atom stereocenters. The normalized spacial score (nSPS) is 13.3. The largest absolute Gasteiger partial charge is 0.497 e.